The third-order valence-electron chi connectivity index (χ3n) is 17.7. The second-order valence-corrected chi connectivity index (χ2v) is 25.6. The zero-order chi connectivity index (χ0) is 57.1. The fraction of sp³-hybridized carbons (Fsp3) is 0.973. The first kappa shape index (κ1) is 77.9. The van der Waals surface area contributed by atoms with Gasteiger partial charge in [-0.3, -0.25) is 9.59 Å². The lowest BCUT2D eigenvalue weighted by Crippen LogP contribution is -2.45. The fourth-order valence-electron chi connectivity index (χ4n) is 12.1. The summed E-state index contributed by atoms with van der Waals surface area (Å²) in [6, 6.07) is -0.535. The van der Waals surface area contributed by atoms with Crippen LogP contribution in [0.3, 0.4) is 0 Å². The van der Waals surface area contributed by atoms with E-state index in [1.165, 1.54) is 360 Å². The van der Waals surface area contributed by atoms with Gasteiger partial charge in [-0.05, 0) is 25.7 Å². The van der Waals surface area contributed by atoms with Crippen LogP contribution in [0.4, 0.5) is 0 Å². The number of hydrogen-bond donors (Lipinski definition) is 3. The molecular formula is C73H145NO5. The molecule has 0 aliphatic rings. The second-order valence-electron chi connectivity index (χ2n) is 25.6. The van der Waals surface area contributed by atoms with Crippen LogP contribution in [0.15, 0.2) is 0 Å². The number of ether oxygens (including phenoxy) is 1. The highest BCUT2D eigenvalue weighted by molar-refractivity contribution is 5.76. The second kappa shape index (κ2) is 69.4. The van der Waals surface area contributed by atoms with Gasteiger partial charge in [0.05, 0.1) is 25.4 Å². The van der Waals surface area contributed by atoms with Crippen LogP contribution in [0.2, 0.25) is 0 Å². The van der Waals surface area contributed by atoms with Gasteiger partial charge < -0.3 is 20.3 Å². The van der Waals surface area contributed by atoms with Crippen LogP contribution in [0.25, 0.3) is 0 Å². The number of aliphatic hydroxyl groups excluding tert-OH is 2. The monoisotopic (exact) mass is 1120 g/mol. The summed E-state index contributed by atoms with van der Waals surface area (Å²) >= 11 is 0. The Morgan fingerprint density at radius 3 is 0.772 bits per heavy atom. The first-order valence-corrected chi connectivity index (χ1v) is 36.8. The molecule has 2 atom stereocenters. The molecule has 0 bridgehead atoms. The van der Waals surface area contributed by atoms with Gasteiger partial charge in [-0.2, -0.15) is 0 Å². The first-order chi connectivity index (χ1) is 39.0. The van der Waals surface area contributed by atoms with Crippen molar-refractivity contribution in [1.82, 2.24) is 5.32 Å². The van der Waals surface area contributed by atoms with E-state index in [-0.39, 0.29) is 18.5 Å². The number of amides is 1. The summed E-state index contributed by atoms with van der Waals surface area (Å²) < 4.78 is 5.52. The molecule has 0 rings (SSSR count). The minimum absolute atomic E-state index is 0.0277. The summed E-state index contributed by atoms with van der Waals surface area (Å²) in [4.78, 5) is 24.6. The normalized spacial score (nSPS) is 12.4. The van der Waals surface area contributed by atoms with E-state index in [9.17, 15) is 19.8 Å². The molecular weight excluding hydrogens is 971 g/mol. The third-order valence-corrected chi connectivity index (χ3v) is 17.7. The Kier molecular flexibility index (Phi) is 68.4. The van der Waals surface area contributed by atoms with Crippen molar-refractivity contribution in [3.8, 4) is 0 Å². The number of nitrogens with one attached hydrogen (secondary N) is 1. The number of hydrogen-bond acceptors (Lipinski definition) is 5. The predicted octanol–water partition coefficient (Wildman–Crippen LogP) is 23.8. The van der Waals surface area contributed by atoms with E-state index in [2.05, 4.69) is 19.2 Å². The van der Waals surface area contributed by atoms with Gasteiger partial charge in [0.2, 0.25) is 5.91 Å². The van der Waals surface area contributed by atoms with Crippen molar-refractivity contribution in [3.05, 3.63) is 0 Å². The number of carbonyl (C=O) groups excluding carboxylic acids is 2. The minimum atomic E-state index is -0.658. The molecule has 0 aromatic carbocycles. The van der Waals surface area contributed by atoms with Crippen LogP contribution in [0, 0.1) is 0 Å². The number of unbranched alkanes of at least 4 members (excludes halogenated alkanes) is 59. The molecule has 0 saturated carbocycles. The van der Waals surface area contributed by atoms with Crippen LogP contribution in [-0.2, 0) is 14.3 Å². The van der Waals surface area contributed by atoms with E-state index in [1.807, 2.05) is 0 Å². The van der Waals surface area contributed by atoms with Crippen molar-refractivity contribution in [1.29, 1.82) is 0 Å². The molecule has 0 saturated heterocycles. The average molecular weight is 1120 g/mol. The Labute approximate surface area is 496 Å². The van der Waals surface area contributed by atoms with Crippen LogP contribution in [0.5, 0.6) is 0 Å². The minimum Gasteiger partial charge on any atom is -0.466 e. The molecule has 6 heteroatoms. The summed E-state index contributed by atoms with van der Waals surface area (Å²) in [5.41, 5.74) is 0. The number of aliphatic hydroxyl groups is 2. The maximum atomic E-state index is 12.5. The smallest absolute Gasteiger partial charge is 0.305 e. The Hall–Kier alpha value is -1.14. The van der Waals surface area contributed by atoms with E-state index in [0.29, 0.717) is 25.9 Å². The summed E-state index contributed by atoms with van der Waals surface area (Å²) in [5, 5.41) is 23.2. The average Bonchev–Trinajstić information content (AvgIpc) is 3.45. The van der Waals surface area contributed by atoms with Crippen molar-refractivity contribution in [3.63, 3.8) is 0 Å². The Balaban J connectivity index is 3.26. The quantitative estimate of drug-likeness (QED) is 0.0417. The zero-order valence-electron chi connectivity index (χ0n) is 54.2. The molecule has 472 valence electrons. The van der Waals surface area contributed by atoms with Crippen molar-refractivity contribution in [2.75, 3.05) is 13.2 Å². The van der Waals surface area contributed by atoms with Crippen molar-refractivity contribution >= 4 is 11.9 Å². The topological polar surface area (TPSA) is 95.9 Å². The van der Waals surface area contributed by atoms with Gasteiger partial charge in [-0.15, -0.1) is 0 Å². The number of esters is 1. The van der Waals surface area contributed by atoms with Crippen LogP contribution in [0.1, 0.15) is 431 Å². The lowest BCUT2D eigenvalue weighted by atomic mass is 10.0. The van der Waals surface area contributed by atoms with Crippen LogP contribution >= 0.6 is 0 Å². The highest BCUT2D eigenvalue weighted by atomic mass is 16.5. The molecule has 0 fully saturated rings. The SMILES string of the molecule is CCCCCCCCCCCCCCCCCCCCCC(=O)OCCCCCCCCCCCCCCCCCCCCCCCCCCCCCCCCCCCC(=O)NC(CO)C(O)CCCCCCCCCCCC. The molecule has 79 heavy (non-hydrogen) atoms. The highest BCUT2D eigenvalue weighted by Gasteiger charge is 2.20. The van der Waals surface area contributed by atoms with Crippen molar-refractivity contribution < 1.29 is 24.5 Å². The summed E-state index contributed by atoms with van der Waals surface area (Å²) in [7, 11) is 0. The van der Waals surface area contributed by atoms with E-state index >= 15 is 0 Å². The molecule has 0 aliphatic heterocycles. The molecule has 1 amide bonds. The maximum Gasteiger partial charge on any atom is 0.305 e. The lowest BCUT2D eigenvalue weighted by molar-refractivity contribution is -0.143. The van der Waals surface area contributed by atoms with Gasteiger partial charge in [0.15, 0.2) is 0 Å². The summed E-state index contributed by atoms with van der Waals surface area (Å²) in [6.45, 7) is 4.99. The molecule has 0 spiro atoms. The standard InChI is InChI=1S/C73H145NO5/c1-3-5-7-9-11-13-15-16-17-18-34-38-41-44-47-51-55-59-63-67-73(78)79-68-64-60-56-52-48-45-42-39-36-33-31-29-27-25-23-21-19-20-22-24-26-28-30-32-35-37-40-43-46-50-54-58-62-66-72(77)74-70(69-75)71(76)65-61-57-53-49-14-12-10-8-6-4-2/h70-71,75-76H,3-69H2,1-2H3,(H,74,77). The number of rotatable bonds is 70. The van der Waals surface area contributed by atoms with Crippen molar-refractivity contribution in [2.45, 2.75) is 443 Å². The van der Waals surface area contributed by atoms with Gasteiger partial charge in [-0.1, -0.05) is 393 Å². The molecule has 0 aromatic rings. The molecule has 0 aliphatic carbocycles. The van der Waals surface area contributed by atoms with E-state index in [4.69, 9.17) is 4.74 Å². The summed E-state index contributed by atoms with van der Waals surface area (Å²) in [6.07, 6.45) is 84.8. The largest absolute Gasteiger partial charge is 0.466 e. The molecule has 0 heterocycles. The first-order valence-electron chi connectivity index (χ1n) is 36.8. The van der Waals surface area contributed by atoms with E-state index in [0.717, 1.165) is 38.5 Å². The van der Waals surface area contributed by atoms with Crippen LogP contribution < -0.4 is 5.32 Å². The van der Waals surface area contributed by atoms with E-state index < -0.39 is 12.1 Å². The Morgan fingerprint density at radius 2 is 0.519 bits per heavy atom. The Bertz CT molecular complexity index is 1150. The predicted molar refractivity (Wildman–Crippen MR) is 347 cm³/mol. The maximum absolute atomic E-state index is 12.5. The molecule has 6 nitrogen and oxygen atoms in total. The Morgan fingerprint density at radius 1 is 0.304 bits per heavy atom. The molecule has 2 unspecified atom stereocenters. The zero-order valence-corrected chi connectivity index (χ0v) is 54.2. The number of carbonyl (C=O) groups is 2. The lowest BCUT2D eigenvalue weighted by Gasteiger charge is -2.22. The van der Waals surface area contributed by atoms with Crippen LogP contribution in [-0.4, -0.2) is 47.4 Å². The highest BCUT2D eigenvalue weighted by Crippen LogP contribution is 2.20. The van der Waals surface area contributed by atoms with Gasteiger partial charge in [0.1, 0.15) is 0 Å². The molecule has 0 radical (unpaired) electrons. The van der Waals surface area contributed by atoms with Gasteiger partial charge in [0, 0.05) is 12.8 Å². The van der Waals surface area contributed by atoms with Gasteiger partial charge in [-0.25, -0.2) is 0 Å². The van der Waals surface area contributed by atoms with Gasteiger partial charge >= 0.3 is 5.97 Å². The van der Waals surface area contributed by atoms with Gasteiger partial charge in [0.25, 0.3) is 0 Å². The van der Waals surface area contributed by atoms with Crippen molar-refractivity contribution in [2.24, 2.45) is 0 Å². The third kappa shape index (κ3) is 65.9. The fourth-order valence-corrected chi connectivity index (χ4v) is 12.1. The summed E-state index contributed by atoms with van der Waals surface area (Å²) in [5.74, 6) is -0.00139. The molecule has 0 aromatic heterocycles. The van der Waals surface area contributed by atoms with E-state index in [1.54, 1.807) is 0 Å². The molecule has 3 N–H and O–H groups in total.